The predicted molar refractivity (Wildman–Crippen MR) is 113 cm³/mol. The molecule has 3 rings (SSSR count). The maximum atomic E-state index is 12.2. The van der Waals surface area contributed by atoms with E-state index in [0.29, 0.717) is 11.7 Å². The van der Waals surface area contributed by atoms with Crippen molar-refractivity contribution in [2.75, 3.05) is 25.4 Å². The quantitative estimate of drug-likeness (QED) is 0.605. The van der Waals surface area contributed by atoms with Gasteiger partial charge in [-0.25, -0.2) is 4.98 Å². The zero-order valence-corrected chi connectivity index (χ0v) is 17.0. The molecule has 144 valence electrons. The van der Waals surface area contributed by atoms with Crippen molar-refractivity contribution in [1.29, 1.82) is 0 Å². The number of aromatic nitrogens is 1. The summed E-state index contributed by atoms with van der Waals surface area (Å²) in [7, 11) is 0. The van der Waals surface area contributed by atoms with Crippen molar-refractivity contribution in [2.45, 2.75) is 25.7 Å². The maximum Gasteiger partial charge on any atom is 0.251 e. The average Bonchev–Trinajstić information content (AvgIpc) is 3.24. The summed E-state index contributed by atoms with van der Waals surface area (Å²) in [5.74, 6) is 0.714. The Bertz CT molecular complexity index is 672. The largest absolute Gasteiger partial charge is 0.375 e. The SMILES string of the molecule is Cl.Cl.Nc1nc(CCCNC(=O)c2ccc(CC3CCNC3)cc2)cs1. The highest BCUT2D eigenvalue weighted by Gasteiger charge is 2.15. The lowest BCUT2D eigenvalue weighted by atomic mass is 9.98. The van der Waals surface area contributed by atoms with Crippen LogP contribution < -0.4 is 16.4 Å². The number of thiazole rings is 1. The van der Waals surface area contributed by atoms with Crippen LogP contribution in [0.15, 0.2) is 29.6 Å². The Labute approximate surface area is 171 Å². The molecule has 1 aliphatic heterocycles. The zero-order chi connectivity index (χ0) is 16.8. The van der Waals surface area contributed by atoms with E-state index in [0.717, 1.165) is 49.5 Å². The number of carbonyl (C=O) groups is 1. The minimum Gasteiger partial charge on any atom is -0.375 e. The van der Waals surface area contributed by atoms with Crippen LogP contribution in [0.4, 0.5) is 5.13 Å². The third kappa shape index (κ3) is 6.76. The Morgan fingerprint density at radius 1 is 1.31 bits per heavy atom. The summed E-state index contributed by atoms with van der Waals surface area (Å²) < 4.78 is 0. The summed E-state index contributed by atoms with van der Waals surface area (Å²) in [4.78, 5) is 16.4. The first-order valence-electron chi connectivity index (χ1n) is 8.48. The fraction of sp³-hybridized carbons (Fsp3) is 0.444. The minimum atomic E-state index is -0.0122. The molecule has 1 saturated heterocycles. The number of rotatable bonds is 7. The van der Waals surface area contributed by atoms with E-state index < -0.39 is 0 Å². The van der Waals surface area contributed by atoms with Crippen LogP contribution >= 0.6 is 36.2 Å². The second-order valence-electron chi connectivity index (χ2n) is 6.30. The standard InChI is InChI=1S/C18H24N4OS.2ClH/c19-18-22-16(12-24-18)2-1-8-21-17(23)15-5-3-13(4-6-15)10-14-7-9-20-11-14;;/h3-6,12,14,20H,1-2,7-11H2,(H2,19,22)(H,21,23);2*1H. The highest BCUT2D eigenvalue weighted by atomic mass is 35.5. The summed E-state index contributed by atoms with van der Waals surface area (Å²) >= 11 is 1.45. The van der Waals surface area contributed by atoms with Crippen LogP contribution in [-0.2, 0) is 12.8 Å². The Morgan fingerprint density at radius 2 is 2.08 bits per heavy atom. The smallest absolute Gasteiger partial charge is 0.251 e. The lowest BCUT2D eigenvalue weighted by Gasteiger charge is -2.09. The monoisotopic (exact) mass is 416 g/mol. The molecule has 1 aromatic heterocycles. The molecule has 2 aromatic rings. The number of halogens is 2. The van der Waals surface area contributed by atoms with Gasteiger partial charge in [0.2, 0.25) is 0 Å². The normalized spacial score (nSPS) is 15.8. The van der Waals surface area contributed by atoms with Crippen LogP contribution in [0.1, 0.15) is 34.5 Å². The van der Waals surface area contributed by atoms with Crippen LogP contribution in [0.2, 0.25) is 0 Å². The molecular weight excluding hydrogens is 391 g/mol. The number of aryl methyl sites for hydroxylation is 1. The molecule has 1 amide bonds. The Morgan fingerprint density at radius 3 is 2.69 bits per heavy atom. The van der Waals surface area contributed by atoms with Crippen molar-refractivity contribution in [3.05, 3.63) is 46.5 Å². The van der Waals surface area contributed by atoms with Gasteiger partial charge in [-0.3, -0.25) is 4.79 Å². The summed E-state index contributed by atoms with van der Waals surface area (Å²) in [6.45, 7) is 2.87. The van der Waals surface area contributed by atoms with E-state index in [1.807, 2.05) is 17.5 Å². The summed E-state index contributed by atoms with van der Waals surface area (Å²) in [6.07, 6.45) is 4.03. The maximum absolute atomic E-state index is 12.2. The number of nitrogen functional groups attached to an aromatic ring is 1. The minimum absolute atomic E-state index is 0. The number of anilines is 1. The van der Waals surface area contributed by atoms with E-state index in [2.05, 4.69) is 27.8 Å². The number of carbonyl (C=O) groups excluding carboxylic acids is 1. The lowest BCUT2D eigenvalue weighted by Crippen LogP contribution is -2.24. The van der Waals surface area contributed by atoms with E-state index in [-0.39, 0.29) is 30.7 Å². The second-order valence-corrected chi connectivity index (χ2v) is 7.19. The van der Waals surface area contributed by atoms with Gasteiger partial charge in [-0.1, -0.05) is 12.1 Å². The number of benzene rings is 1. The number of nitrogens with zero attached hydrogens (tertiary/aromatic N) is 1. The number of hydrogen-bond donors (Lipinski definition) is 3. The fourth-order valence-electron chi connectivity index (χ4n) is 3.03. The van der Waals surface area contributed by atoms with Crippen molar-refractivity contribution >= 4 is 47.2 Å². The first-order valence-corrected chi connectivity index (χ1v) is 9.36. The number of nitrogens with two attached hydrogens (primary N) is 1. The number of hydrogen-bond acceptors (Lipinski definition) is 5. The summed E-state index contributed by atoms with van der Waals surface area (Å²) in [6, 6.07) is 8.00. The summed E-state index contributed by atoms with van der Waals surface area (Å²) in [5, 5.41) is 8.92. The van der Waals surface area contributed by atoms with Crippen molar-refractivity contribution in [3.8, 4) is 0 Å². The van der Waals surface area contributed by atoms with Gasteiger partial charge >= 0.3 is 0 Å². The van der Waals surface area contributed by atoms with E-state index in [9.17, 15) is 4.79 Å². The van der Waals surface area contributed by atoms with Crippen molar-refractivity contribution < 1.29 is 4.79 Å². The molecule has 0 aliphatic carbocycles. The molecule has 1 atom stereocenters. The van der Waals surface area contributed by atoms with Crippen LogP contribution in [0.3, 0.4) is 0 Å². The van der Waals surface area contributed by atoms with Crippen LogP contribution in [0.25, 0.3) is 0 Å². The van der Waals surface area contributed by atoms with E-state index in [1.165, 1.54) is 23.3 Å². The average molecular weight is 417 g/mol. The molecule has 26 heavy (non-hydrogen) atoms. The van der Waals surface area contributed by atoms with Gasteiger partial charge in [-0.15, -0.1) is 36.2 Å². The fourth-order valence-corrected chi connectivity index (χ4v) is 3.62. The highest BCUT2D eigenvalue weighted by Crippen LogP contribution is 2.16. The second kappa shape index (κ2) is 11.4. The molecule has 0 spiro atoms. The molecule has 0 saturated carbocycles. The van der Waals surface area contributed by atoms with Crippen LogP contribution in [-0.4, -0.2) is 30.5 Å². The molecule has 1 aromatic carbocycles. The molecule has 0 radical (unpaired) electrons. The van der Waals surface area contributed by atoms with Gasteiger partial charge in [0.25, 0.3) is 5.91 Å². The number of nitrogens with one attached hydrogen (secondary N) is 2. The van der Waals surface area contributed by atoms with Gasteiger partial charge in [0.05, 0.1) is 5.69 Å². The Balaban J connectivity index is 0.00000169. The molecule has 4 N–H and O–H groups in total. The van der Waals surface area contributed by atoms with Gasteiger partial charge in [-0.2, -0.15) is 0 Å². The Kier molecular flexibility index (Phi) is 9.94. The molecule has 1 aliphatic rings. The first-order chi connectivity index (χ1) is 11.7. The molecule has 5 nitrogen and oxygen atoms in total. The first kappa shape index (κ1) is 22.7. The molecule has 8 heteroatoms. The predicted octanol–water partition coefficient (Wildman–Crippen LogP) is 3.08. The van der Waals surface area contributed by atoms with Crippen LogP contribution in [0.5, 0.6) is 0 Å². The molecular formula is C18H26Cl2N4OS. The van der Waals surface area contributed by atoms with Gasteiger partial charge in [0, 0.05) is 17.5 Å². The third-order valence-corrected chi connectivity index (χ3v) is 5.09. The molecule has 1 unspecified atom stereocenters. The van der Waals surface area contributed by atoms with Gasteiger partial charge in [-0.05, 0) is 62.4 Å². The topological polar surface area (TPSA) is 80.0 Å². The van der Waals surface area contributed by atoms with Crippen molar-refractivity contribution in [1.82, 2.24) is 15.6 Å². The van der Waals surface area contributed by atoms with E-state index in [1.54, 1.807) is 0 Å². The molecule has 1 fully saturated rings. The van der Waals surface area contributed by atoms with E-state index in [4.69, 9.17) is 5.73 Å². The summed E-state index contributed by atoms with van der Waals surface area (Å²) in [5.41, 5.74) is 8.63. The molecule has 0 bridgehead atoms. The van der Waals surface area contributed by atoms with Crippen molar-refractivity contribution in [3.63, 3.8) is 0 Å². The van der Waals surface area contributed by atoms with Crippen LogP contribution in [0, 0.1) is 5.92 Å². The van der Waals surface area contributed by atoms with Gasteiger partial charge in [0.15, 0.2) is 5.13 Å². The van der Waals surface area contributed by atoms with Gasteiger partial charge < -0.3 is 16.4 Å². The van der Waals surface area contributed by atoms with E-state index >= 15 is 0 Å². The Hall–Kier alpha value is -1.34. The third-order valence-electron chi connectivity index (χ3n) is 4.37. The zero-order valence-electron chi connectivity index (χ0n) is 14.6. The lowest BCUT2D eigenvalue weighted by molar-refractivity contribution is 0.0953. The van der Waals surface area contributed by atoms with Gasteiger partial charge in [0.1, 0.15) is 0 Å². The highest BCUT2D eigenvalue weighted by molar-refractivity contribution is 7.13. The van der Waals surface area contributed by atoms with Crippen molar-refractivity contribution in [2.24, 2.45) is 5.92 Å². The number of amides is 1. The molecule has 2 heterocycles.